The molecule has 1 atom stereocenters. The Morgan fingerprint density at radius 2 is 2.07 bits per heavy atom. The molecule has 1 unspecified atom stereocenters. The van der Waals surface area contributed by atoms with Gasteiger partial charge in [0, 0.05) is 18.9 Å². The number of benzene rings is 1. The predicted octanol–water partition coefficient (Wildman–Crippen LogP) is 4.40. The zero-order valence-electron chi connectivity index (χ0n) is 15.3. The summed E-state index contributed by atoms with van der Waals surface area (Å²) >= 11 is 0. The Morgan fingerprint density at radius 3 is 2.67 bits per heavy atom. The number of halogens is 3. The molecule has 0 bridgehead atoms. The summed E-state index contributed by atoms with van der Waals surface area (Å²) < 4.78 is 40.0. The van der Waals surface area contributed by atoms with Crippen LogP contribution in [-0.4, -0.2) is 28.5 Å². The Balaban J connectivity index is 2.02. The molecule has 8 heteroatoms. The minimum absolute atomic E-state index is 0.132. The summed E-state index contributed by atoms with van der Waals surface area (Å²) in [6, 6.07) is 5.32. The van der Waals surface area contributed by atoms with E-state index in [1.54, 1.807) is 25.4 Å². The van der Waals surface area contributed by atoms with Gasteiger partial charge < -0.3 is 4.90 Å². The number of aromatic nitrogens is 3. The maximum atomic E-state index is 13.3. The monoisotopic (exact) mass is 375 g/mol. The van der Waals surface area contributed by atoms with Crippen LogP contribution >= 0.6 is 0 Å². The zero-order valence-corrected chi connectivity index (χ0v) is 15.3. The fourth-order valence-corrected chi connectivity index (χ4v) is 3.56. The van der Waals surface area contributed by atoms with Crippen LogP contribution in [0.3, 0.4) is 0 Å². The number of H-pyrrole nitrogens is 1. The lowest BCUT2D eigenvalue weighted by Crippen LogP contribution is -2.44. The second-order valence-electron chi connectivity index (χ2n) is 7.43. The number of likely N-dealkylation sites (N-methyl/N-ethyl adjacent to an activating group) is 1. The average Bonchev–Trinajstić information content (AvgIpc) is 3.14. The highest BCUT2D eigenvalue weighted by atomic mass is 19.4. The molecule has 1 aliphatic carbocycles. The maximum Gasteiger partial charge on any atom is 0.417 e. The fraction of sp³-hybridized carbons (Fsp3) is 0.421. The molecule has 0 amide bonds. The lowest BCUT2D eigenvalue weighted by Gasteiger charge is -2.43. The number of aromatic amines is 1. The molecule has 2 aromatic rings. The highest BCUT2D eigenvalue weighted by molar-refractivity contribution is 5.66. The molecule has 1 aromatic heterocycles. The molecule has 142 valence electrons. The van der Waals surface area contributed by atoms with E-state index in [0.717, 1.165) is 30.2 Å². The van der Waals surface area contributed by atoms with Gasteiger partial charge in [0.1, 0.15) is 5.69 Å². The van der Waals surface area contributed by atoms with Crippen LogP contribution < -0.4 is 4.90 Å². The van der Waals surface area contributed by atoms with Gasteiger partial charge in [-0.05, 0) is 42.0 Å². The Labute approximate surface area is 155 Å². The van der Waals surface area contributed by atoms with Crippen molar-refractivity contribution in [2.45, 2.75) is 38.9 Å². The molecule has 1 aliphatic rings. The van der Waals surface area contributed by atoms with Gasteiger partial charge in [-0.2, -0.15) is 18.4 Å². The first-order valence-corrected chi connectivity index (χ1v) is 8.55. The number of rotatable bonds is 3. The van der Waals surface area contributed by atoms with Crippen LogP contribution in [0.15, 0.2) is 30.5 Å². The van der Waals surface area contributed by atoms with Gasteiger partial charge in [0.15, 0.2) is 0 Å². The van der Waals surface area contributed by atoms with Crippen LogP contribution in [0.1, 0.15) is 43.5 Å². The van der Waals surface area contributed by atoms with E-state index in [0.29, 0.717) is 5.69 Å². The Bertz CT molecular complexity index is 891. The van der Waals surface area contributed by atoms with Gasteiger partial charge in [-0.15, -0.1) is 5.10 Å². The number of nitrogens with zero attached hydrogens (tertiary/aromatic N) is 4. The summed E-state index contributed by atoms with van der Waals surface area (Å²) in [6.45, 7) is 4.19. The van der Waals surface area contributed by atoms with Crippen LogP contribution in [0.5, 0.6) is 0 Å². The van der Waals surface area contributed by atoms with Gasteiger partial charge in [0.05, 0.1) is 23.2 Å². The van der Waals surface area contributed by atoms with E-state index >= 15 is 0 Å². The van der Waals surface area contributed by atoms with E-state index in [4.69, 9.17) is 5.26 Å². The topological polar surface area (TPSA) is 68.6 Å². The van der Waals surface area contributed by atoms with E-state index < -0.39 is 11.7 Å². The number of allylic oxidation sites excluding steroid dienone is 1. The molecule has 0 spiro atoms. The van der Waals surface area contributed by atoms with Gasteiger partial charge in [0.2, 0.25) is 0 Å². The van der Waals surface area contributed by atoms with Gasteiger partial charge >= 0.3 is 6.18 Å². The molecule has 0 aliphatic heterocycles. The molecule has 0 fully saturated rings. The number of nitriles is 1. The van der Waals surface area contributed by atoms with Crippen molar-refractivity contribution in [3.8, 4) is 6.07 Å². The number of hydrogen-bond donors (Lipinski definition) is 1. The SMILES string of the molecule is CN(c1ccc(C#N)c(C(F)(F)F)c1)C1C=C(c2c[nH]nn2)CCC1(C)C. The maximum absolute atomic E-state index is 13.3. The third-order valence-corrected chi connectivity index (χ3v) is 5.20. The van der Waals surface area contributed by atoms with Gasteiger partial charge in [-0.1, -0.05) is 25.1 Å². The standard InChI is InChI=1S/C19H20F3N5/c1-18(2)7-6-12(16-11-24-26-25-16)8-17(18)27(3)14-5-4-13(10-23)15(9-14)19(20,21)22/h4-5,8-9,11,17H,6-7H2,1-3H3,(H,24,25,26). The largest absolute Gasteiger partial charge is 0.417 e. The van der Waals surface area contributed by atoms with E-state index in [1.165, 1.54) is 6.07 Å². The molecule has 27 heavy (non-hydrogen) atoms. The normalized spacial score (nSPS) is 19.3. The third-order valence-electron chi connectivity index (χ3n) is 5.20. The molecule has 3 rings (SSSR count). The van der Waals surface area contributed by atoms with Crippen molar-refractivity contribution >= 4 is 11.3 Å². The summed E-state index contributed by atoms with van der Waals surface area (Å²) in [6.07, 6.45) is 0.872. The van der Waals surface area contributed by atoms with Gasteiger partial charge in [-0.3, -0.25) is 5.10 Å². The third kappa shape index (κ3) is 3.68. The summed E-state index contributed by atoms with van der Waals surface area (Å²) in [4.78, 5) is 1.83. The van der Waals surface area contributed by atoms with Crippen molar-refractivity contribution < 1.29 is 13.2 Å². The summed E-state index contributed by atoms with van der Waals surface area (Å²) in [5.41, 5.74) is 0.750. The van der Waals surface area contributed by atoms with E-state index in [1.807, 2.05) is 11.0 Å². The smallest absolute Gasteiger partial charge is 0.368 e. The summed E-state index contributed by atoms with van der Waals surface area (Å²) in [7, 11) is 1.77. The predicted molar refractivity (Wildman–Crippen MR) is 95.7 cm³/mol. The number of hydrogen-bond acceptors (Lipinski definition) is 4. The summed E-state index contributed by atoms with van der Waals surface area (Å²) in [5, 5.41) is 19.5. The van der Waals surface area contributed by atoms with E-state index in [-0.39, 0.29) is 17.0 Å². The van der Waals surface area contributed by atoms with Crippen LogP contribution in [0, 0.1) is 16.7 Å². The quantitative estimate of drug-likeness (QED) is 0.863. The highest BCUT2D eigenvalue weighted by Gasteiger charge is 2.37. The van der Waals surface area contributed by atoms with Gasteiger partial charge in [0.25, 0.3) is 0 Å². The molecular formula is C19H20F3N5. The van der Waals surface area contributed by atoms with E-state index in [2.05, 4.69) is 29.3 Å². The van der Waals surface area contributed by atoms with Crippen molar-refractivity contribution in [2.75, 3.05) is 11.9 Å². The second kappa shape index (κ2) is 6.72. The first-order chi connectivity index (χ1) is 12.6. The summed E-state index contributed by atoms with van der Waals surface area (Å²) in [5.74, 6) is 0. The number of anilines is 1. The van der Waals surface area contributed by atoms with Crippen molar-refractivity contribution in [3.05, 3.63) is 47.3 Å². The lowest BCUT2D eigenvalue weighted by molar-refractivity contribution is -0.137. The first kappa shape index (κ1) is 19.0. The molecule has 0 radical (unpaired) electrons. The van der Waals surface area contributed by atoms with Crippen molar-refractivity contribution in [2.24, 2.45) is 5.41 Å². The average molecular weight is 375 g/mol. The Morgan fingerprint density at radius 1 is 1.33 bits per heavy atom. The molecule has 0 saturated heterocycles. The lowest BCUT2D eigenvalue weighted by atomic mass is 9.73. The molecule has 1 heterocycles. The Kier molecular flexibility index (Phi) is 4.72. The minimum Gasteiger partial charge on any atom is -0.368 e. The van der Waals surface area contributed by atoms with Crippen LogP contribution in [0.25, 0.3) is 5.57 Å². The minimum atomic E-state index is -4.58. The van der Waals surface area contributed by atoms with Crippen LogP contribution in [0.4, 0.5) is 18.9 Å². The van der Waals surface area contributed by atoms with E-state index in [9.17, 15) is 13.2 Å². The highest BCUT2D eigenvalue weighted by Crippen LogP contribution is 2.42. The van der Waals surface area contributed by atoms with Crippen LogP contribution in [0.2, 0.25) is 0 Å². The first-order valence-electron chi connectivity index (χ1n) is 8.55. The number of alkyl halides is 3. The van der Waals surface area contributed by atoms with Crippen LogP contribution in [-0.2, 0) is 6.18 Å². The molecule has 0 saturated carbocycles. The van der Waals surface area contributed by atoms with Crippen molar-refractivity contribution in [1.29, 1.82) is 5.26 Å². The Hall–Kier alpha value is -2.82. The zero-order chi connectivity index (χ0) is 19.8. The molecular weight excluding hydrogens is 355 g/mol. The molecule has 1 aromatic carbocycles. The van der Waals surface area contributed by atoms with Crippen molar-refractivity contribution in [1.82, 2.24) is 15.4 Å². The molecule has 1 N–H and O–H groups in total. The second-order valence-corrected chi connectivity index (χ2v) is 7.43. The van der Waals surface area contributed by atoms with Crippen molar-refractivity contribution in [3.63, 3.8) is 0 Å². The number of nitrogens with one attached hydrogen (secondary N) is 1. The molecule has 5 nitrogen and oxygen atoms in total. The fourth-order valence-electron chi connectivity index (χ4n) is 3.56. The van der Waals surface area contributed by atoms with Gasteiger partial charge in [-0.25, -0.2) is 0 Å².